The molecule has 0 spiro atoms. The van der Waals surface area contributed by atoms with Gasteiger partial charge >= 0.3 is 0 Å². The number of azo groups is 1. The lowest BCUT2D eigenvalue weighted by Gasteiger charge is -1.99. The first-order chi connectivity index (χ1) is 6.40. The molecule has 66 valence electrons. The summed E-state index contributed by atoms with van der Waals surface area (Å²) >= 11 is 0. The van der Waals surface area contributed by atoms with Crippen molar-refractivity contribution in [2.75, 3.05) is 6.67 Å². The average molecular weight is 178 g/mol. The molecule has 0 saturated carbocycles. The number of amidine groups is 1. The molecule has 2 heterocycles. The van der Waals surface area contributed by atoms with Gasteiger partial charge < -0.3 is 0 Å². The van der Waals surface area contributed by atoms with Crippen LogP contribution in [0.2, 0.25) is 0 Å². The Morgan fingerprint density at radius 2 is 2.31 bits per heavy atom. The lowest BCUT2D eigenvalue weighted by atomic mass is 10.3. The van der Waals surface area contributed by atoms with E-state index in [0.29, 0.717) is 5.69 Å². The van der Waals surface area contributed by atoms with Crippen LogP contribution in [0.15, 0.2) is 39.6 Å². The minimum atomic E-state index is -0.674. The number of aliphatic imine (C=N–C) groups is 1. The van der Waals surface area contributed by atoms with Crippen LogP contribution in [-0.2, 0) is 0 Å². The van der Waals surface area contributed by atoms with Crippen LogP contribution in [0.25, 0.3) is 0 Å². The van der Waals surface area contributed by atoms with Gasteiger partial charge in [-0.1, -0.05) is 6.07 Å². The third kappa shape index (κ3) is 1.58. The second-order valence-corrected chi connectivity index (χ2v) is 2.52. The normalized spacial score (nSPS) is 20.4. The highest BCUT2D eigenvalue weighted by molar-refractivity contribution is 5.84. The summed E-state index contributed by atoms with van der Waals surface area (Å²) in [6.45, 7) is -0.674. The summed E-state index contributed by atoms with van der Waals surface area (Å²) in [5, 5.41) is 7.35. The molecule has 1 unspecified atom stereocenters. The molecule has 2 rings (SSSR count). The van der Waals surface area contributed by atoms with Crippen molar-refractivity contribution in [3.63, 3.8) is 0 Å². The number of hydrogen-bond acceptors (Lipinski definition) is 4. The molecule has 0 amide bonds. The van der Waals surface area contributed by atoms with Gasteiger partial charge in [0.05, 0.1) is 5.69 Å². The molecule has 0 bridgehead atoms. The fraction of sp³-hybridized carbons (Fsp3) is 0.250. The van der Waals surface area contributed by atoms with Crippen molar-refractivity contribution in [1.29, 1.82) is 0 Å². The number of hydrogen-bond donors (Lipinski definition) is 0. The molecule has 0 fully saturated rings. The van der Waals surface area contributed by atoms with Gasteiger partial charge in [-0.2, -0.15) is 5.11 Å². The van der Waals surface area contributed by atoms with Gasteiger partial charge in [-0.25, -0.2) is 9.38 Å². The van der Waals surface area contributed by atoms with Crippen molar-refractivity contribution in [3.8, 4) is 0 Å². The molecule has 1 atom stereocenters. The highest BCUT2D eigenvalue weighted by Gasteiger charge is 2.16. The standard InChI is InChI=1S/C8H7FN4/c9-5-7-11-8(13-12-7)6-3-1-2-4-10-6/h1-4,8H,5H2. The van der Waals surface area contributed by atoms with Crippen molar-refractivity contribution in [2.24, 2.45) is 15.2 Å². The van der Waals surface area contributed by atoms with Crippen LogP contribution in [0.4, 0.5) is 4.39 Å². The zero-order valence-electron chi connectivity index (χ0n) is 6.76. The molecule has 1 aromatic heterocycles. The van der Waals surface area contributed by atoms with Gasteiger partial charge in [0.1, 0.15) is 0 Å². The van der Waals surface area contributed by atoms with Gasteiger partial charge in [-0.05, 0) is 12.1 Å². The molecule has 0 radical (unpaired) electrons. The molecule has 0 N–H and O–H groups in total. The third-order valence-electron chi connectivity index (χ3n) is 1.63. The van der Waals surface area contributed by atoms with Gasteiger partial charge in [0.2, 0.25) is 6.17 Å². The highest BCUT2D eigenvalue weighted by Crippen LogP contribution is 2.21. The highest BCUT2D eigenvalue weighted by atomic mass is 19.1. The quantitative estimate of drug-likeness (QED) is 0.682. The Labute approximate surface area is 74.2 Å². The Morgan fingerprint density at radius 1 is 1.38 bits per heavy atom. The van der Waals surface area contributed by atoms with Crippen LogP contribution >= 0.6 is 0 Å². The zero-order valence-corrected chi connectivity index (χ0v) is 6.76. The molecule has 5 heteroatoms. The first-order valence-corrected chi connectivity index (χ1v) is 3.84. The number of halogens is 1. The number of alkyl halides is 1. The van der Waals surface area contributed by atoms with E-state index >= 15 is 0 Å². The maximum absolute atomic E-state index is 12.1. The third-order valence-corrected chi connectivity index (χ3v) is 1.63. The molecule has 0 aromatic carbocycles. The summed E-state index contributed by atoms with van der Waals surface area (Å²) < 4.78 is 12.1. The zero-order chi connectivity index (χ0) is 9.10. The largest absolute Gasteiger partial charge is 0.257 e. The molecule has 4 nitrogen and oxygen atoms in total. The lowest BCUT2D eigenvalue weighted by Crippen LogP contribution is -1.94. The Hall–Kier alpha value is -1.65. The van der Waals surface area contributed by atoms with Crippen molar-refractivity contribution in [2.45, 2.75) is 6.17 Å². The number of pyridine rings is 1. The van der Waals surface area contributed by atoms with Crippen molar-refractivity contribution in [1.82, 2.24) is 4.98 Å². The van der Waals surface area contributed by atoms with Crippen LogP contribution in [-0.4, -0.2) is 17.5 Å². The monoisotopic (exact) mass is 178 g/mol. The van der Waals surface area contributed by atoms with E-state index in [1.807, 2.05) is 6.07 Å². The Balaban J connectivity index is 2.22. The summed E-state index contributed by atoms with van der Waals surface area (Å²) in [4.78, 5) is 7.97. The fourth-order valence-corrected chi connectivity index (χ4v) is 1.03. The maximum Gasteiger partial charge on any atom is 0.204 e. The minimum absolute atomic E-state index is 0.135. The van der Waals surface area contributed by atoms with E-state index in [4.69, 9.17) is 0 Å². The van der Waals surface area contributed by atoms with Crippen LogP contribution in [0.5, 0.6) is 0 Å². The first-order valence-electron chi connectivity index (χ1n) is 3.84. The molecule has 1 aromatic rings. The van der Waals surface area contributed by atoms with E-state index in [9.17, 15) is 4.39 Å². The second kappa shape index (κ2) is 3.38. The average Bonchev–Trinajstić information content (AvgIpc) is 2.67. The van der Waals surface area contributed by atoms with Crippen LogP contribution < -0.4 is 0 Å². The van der Waals surface area contributed by atoms with Gasteiger partial charge in [0, 0.05) is 6.20 Å². The number of rotatable bonds is 2. The summed E-state index contributed by atoms with van der Waals surface area (Å²) in [6.07, 6.45) is 1.19. The van der Waals surface area contributed by atoms with E-state index in [1.165, 1.54) is 0 Å². The summed E-state index contributed by atoms with van der Waals surface area (Å²) in [5.74, 6) is 0.135. The second-order valence-electron chi connectivity index (χ2n) is 2.52. The molecular formula is C8H7FN4. The van der Waals surface area contributed by atoms with Crippen molar-refractivity contribution < 1.29 is 4.39 Å². The molecule has 0 aliphatic carbocycles. The summed E-state index contributed by atoms with van der Waals surface area (Å²) in [5.41, 5.74) is 0.690. The van der Waals surface area contributed by atoms with E-state index in [1.54, 1.807) is 18.3 Å². The van der Waals surface area contributed by atoms with Crippen LogP contribution in [0.3, 0.4) is 0 Å². The van der Waals surface area contributed by atoms with Crippen molar-refractivity contribution >= 4 is 5.84 Å². The number of aromatic nitrogens is 1. The topological polar surface area (TPSA) is 50.0 Å². The van der Waals surface area contributed by atoms with Gasteiger partial charge in [-0.3, -0.25) is 4.98 Å². The van der Waals surface area contributed by atoms with E-state index < -0.39 is 12.8 Å². The molecule has 0 saturated heterocycles. The summed E-state index contributed by atoms with van der Waals surface area (Å²) in [7, 11) is 0. The lowest BCUT2D eigenvalue weighted by molar-refractivity contribution is 0.578. The van der Waals surface area contributed by atoms with Gasteiger partial charge in [-0.15, -0.1) is 5.11 Å². The minimum Gasteiger partial charge on any atom is -0.257 e. The van der Waals surface area contributed by atoms with Gasteiger partial charge in [0.15, 0.2) is 12.5 Å². The van der Waals surface area contributed by atoms with E-state index in [0.717, 1.165) is 0 Å². The van der Waals surface area contributed by atoms with E-state index in [2.05, 4.69) is 20.2 Å². The molecule has 1 aliphatic rings. The SMILES string of the molecule is FCC1=NC(c2ccccn2)N=N1. The Morgan fingerprint density at radius 3 is 2.92 bits per heavy atom. The van der Waals surface area contributed by atoms with Gasteiger partial charge in [0.25, 0.3) is 0 Å². The predicted octanol–water partition coefficient (Wildman–Crippen LogP) is 1.91. The first kappa shape index (κ1) is 7.97. The van der Waals surface area contributed by atoms with Crippen LogP contribution in [0, 0.1) is 0 Å². The van der Waals surface area contributed by atoms with Crippen LogP contribution in [0.1, 0.15) is 11.9 Å². The predicted molar refractivity (Wildman–Crippen MR) is 45.2 cm³/mol. The fourth-order valence-electron chi connectivity index (χ4n) is 1.03. The molecule has 1 aliphatic heterocycles. The summed E-state index contributed by atoms with van der Waals surface area (Å²) in [6, 6.07) is 5.42. The Kier molecular flexibility index (Phi) is 2.08. The molecular weight excluding hydrogens is 171 g/mol. The number of nitrogens with zero attached hydrogens (tertiary/aromatic N) is 4. The molecule has 13 heavy (non-hydrogen) atoms. The smallest absolute Gasteiger partial charge is 0.204 e. The van der Waals surface area contributed by atoms with E-state index in [-0.39, 0.29) is 5.84 Å². The maximum atomic E-state index is 12.1. The Bertz CT molecular complexity index is 346. The van der Waals surface area contributed by atoms with Crippen molar-refractivity contribution in [3.05, 3.63) is 30.1 Å².